The quantitative estimate of drug-likeness (QED) is 0.903. The standard InChI is InChI=1S/C18H27N3.ClH/c1-20-10-3-6-15-12-21(11-8-17(15)20)13-16-5-2-4-14-7-9-19-18(14)16;/h2,4-5,15,17,19H,3,6-13H2,1H3;1H. The van der Waals surface area contributed by atoms with Gasteiger partial charge in [0.05, 0.1) is 0 Å². The summed E-state index contributed by atoms with van der Waals surface area (Å²) in [6.07, 6.45) is 5.35. The predicted octanol–water partition coefficient (Wildman–Crippen LogP) is 2.99. The number of para-hydroxylation sites is 1. The minimum atomic E-state index is 0. The van der Waals surface area contributed by atoms with Crippen LogP contribution in [0.3, 0.4) is 0 Å². The van der Waals surface area contributed by atoms with Gasteiger partial charge in [0.2, 0.25) is 0 Å². The Kier molecular flexibility index (Phi) is 4.96. The molecule has 2 atom stereocenters. The first-order valence-electron chi connectivity index (χ1n) is 8.58. The van der Waals surface area contributed by atoms with E-state index in [1.165, 1.54) is 62.1 Å². The highest BCUT2D eigenvalue weighted by molar-refractivity contribution is 5.85. The van der Waals surface area contributed by atoms with Crippen LogP contribution in [0.25, 0.3) is 0 Å². The molecule has 0 amide bonds. The van der Waals surface area contributed by atoms with Crippen LogP contribution in [-0.4, -0.2) is 49.1 Å². The number of hydrogen-bond donors (Lipinski definition) is 1. The van der Waals surface area contributed by atoms with Gasteiger partial charge in [0.25, 0.3) is 0 Å². The first-order chi connectivity index (χ1) is 10.3. The maximum atomic E-state index is 3.59. The molecule has 3 nitrogen and oxygen atoms in total. The molecule has 1 aromatic rings. The Bertz CT molecular complexity index is 519. The lowest BCUT2D eigenvalue weighted by Gasteiger charge is -2.46. The molecule has 0 saturated carbocycles. The monoisotopic (exact) mass is 321 g/mol. The number of nitrogens with one attached hydrogen (secondary N) is 1. The second-order valence-corrected chi connectivity index (χ2v) is 7.10. The molecular weight excluding hydrogens is 294 g/mol. The summed E-state index contributed by atoms with van der Waals surface area (Å²) >= 11 is 0. The molecule has 0 spiro atoms. The van der Waals surface area contributed by atoms with Crippen molar-refractivity contribution in [1.82, 2.24) is 9.80 Å². The van der Waals surface area contributed by atoms with Gasteiger partial charge in [0.15, 0.2) is 0 Å². The number of halogens is 1. The zero-order chi connectivity index (χ0) is 14.2. The predicted molar refractivity (Wildman–Crippen MR) is 94.9 cm³/mol. The molecule has 22 heavy (non-hydrogen) atoms. The summed E-state index contributed by atoms with van der Waals surface area (Å²) in [7, 11) is 2.32. The third-order valence-corrected chi connectivity index (χ3v) is 5.76. The molecule has 2 saturated heterocycles. The molecule has 0 radical (unpaired) electrons. The van der Waals surface area contributed by atoms with Gasteiger partial charge in [-0.15, -0.1) is 12.4 Å². The van der Waals surface area contributed by atoms with E-state index in [2.05, 4.69) is 40.4 Å². The fraction of sp³-hybridized carbons (Fsp3) is 0.667. The van der Waals surface area contributed by atoms with Crippen molar-refractivity contribution < 1.29 is 0 Å². The summed E-state index contributed by atoms with van der Waals surface area (Å²) in [5.41, 5.74) is 4.45. The number of likely N-dealkylation sites (tertiary alicyclic amines) is 2. The van der Waals surface area contributed by atoms with Gasteiger partial charge in [0, 0.05) is 31.4 Å². The van der Waals surface area contributed by atoms with E-state index >= 15 is 0 Å². The van der Waals surface area contributed by atoms with E-state index in [1.807, 2.05) is 0 Å². The second-order valence-electron chi connectivity index (χ2n) is 7.10. The van der Waals surface area contributed by atoms with E-state index in [0.717, 1.165) is 25.0 Å². The lowest BCUT2D eigenvalue weighted by molar-refractivity contribution is 0.0355. The van der Waals surface area contributed by atoms with E-state index in [9.17, 15) is 0 Å². The number of nitrogens with zero attached hydrogens (tertiary/aromatic N) is 2. The summed E-state index contributed by atoms with van der Waals surface area (Å²) in [4.78, 5) is 5.29. The molecule has 0 aliphatic carbocycles. The van der Waals surface area contributed by atoms with E-state index < -0.39 is 0 Å². The van der Waals surface area contributed by atoms with E-state index in [0.29, 0.717) is 0 Å². The summed E-state index contributed by atoms with van der Waals surface area (Å²) in [6.45, 7) is 6.09. The van der Waals surface area contributed by atoms with Crippen LogP contribution in [0.5, 0.6) is 0 Å². The average molecular weight is 322 g/mol. The minimum Gasteiger partial charge on any atom is -0.384 e. The summed E-state index contributed by atoms with van der Waals surface area (Å²) in [6, 6.07) is 7.68. The van der Waals surface area contributed by atoms with Gasteiger partial charge in [-0.05, 0) is 62.9 Å². The Morgan fingerprint density at radius 2 is 2.14 bits per heavy atom. The summed E-state index contributed by atoms with van der Waals surface area (Å²) < 4.78 is 0. The van der Waals surface area contributed by atoms with E-state index in [1.54, 1.807) is 0 Å². The van der Waals surface area contributed by atoms with Crippen molar-refractivity contribution in [2.75, 3.05) is 38.5 Å². The normalized spacial score (nSPS) is 28.4. The highest BCUT2D eigenvalue weighted by atomic mass is 35.5. The van der Waals surface area contributed by atoms with Gasteiger partial charge >= 0.3 is 0 Å². The topological polar surface area (TPSA) is 18.5 Å². The maximum Gasteiger partial charge on any atom is 0.0419 e. The van der Waals surface area contributed by atoms with Crippen LogP contribution in [0.15, 0.2) is 18.2 Å². The van der Waals surface area contributed by atoms with Crippen LogP contribution in [0.4, 0.5) is 5.69 Å². The molecular formula is C18H28ClN3. The number of anilines is 1. The molecule has 2 fully saturated rings. The maximum absolute atomic E-state index is 3.59. The highest BCUT2D eigenvalue weighted by Crippen LogP contribution is 2.32. The van der Waals surface area contributed by atoms with Crippen molar-refractivity contribution in [3.8, 4) is 0 Å². The number of piperidine rings is 2. The zero-order valence-electron chi connectivity index (χ0n) is 13.6. The Hall–Kier alpha value is -0.770. The fourth-order valence-corrected chi connectivity index (χ4v) is 4.65. The van der Waals surface area contributed by atoms with Crippen molar-refractivity contribution in [2.45, 2.75) is 38.3 Å². The number of benzene rings is 1. The molecule has 0 bridgehead atoms. The molecule has 3 aliphatic heterocycles. The van der Waals surface area contributed by atoms with Crippen molar-refractivity contribution in [1.29, 1.82) is 0 Å². The minimum absolute atomic E-state index is 0. The molecule has 3 heterocycles. The molecule has 4 rings (SSSR count). The third-order valence-electron chi connectivity index (χ3n) is 5.76. The summed E-state index contributed by atoms with van der Waals surface area (Å²) in [5, 5.41) is 3.59. The van der Waals surface area contributed by atoms with E-state index in [-0.39, 0.29) is 12.4 Å². The Labute approximate surface area is 140 Å². The van der Waals surface area contributed by atoms with Crippen LogP contribution in [-0.2, 0) is 13.0 Å². The van der Waals surface area contributed by atoms with Crippen LogP contribution in [0.1, 0.15) is 30.4 Å². The van der Waals surface area contributed by atoms with Crippen LogP contribution >= 0.6 is 12.4 Å². The summed E-state index contributed by atoms with van der Waals surface area (Å²) in [5.74, 6) is 0.891. The Balaban J connectivity index is 0.00000144. The zero-order valence-corrected chi connectivity index (χ0v) is 14.4. The third kappa shape index (κ3) is 2.99. The molecule has 0 aromatic heterocycles. The van der Waals surface area contributed by atoms with Gasteiger partial charge in [-0.3, -0.25) is 4.90 Å². The second kappa shape index (κ2) is 6.77. The van der Waals surface area contributed by atoms with Gasteiger partial charge < -0.3 is 10.2 Å². The fourth-order valence-electron chi connectivity index (χ4n) is 4.65. The first-order valence-corrected chi connectivity index (χ1v) is 8.58. The molecule has 122 valence electrons. The van der Waals surface area contributed by atoms with Crippen molar-refractivity contribution >= 4 is 18.1 Å². The van der Waals surface area contributed by atoms with Gasteiger partial charge in [-0.2, -0.15) is 0 Å². The molecule has 1 aromatic carbocycles. The van der Waals surface area contributed by atoms with Gasteiger partial charge in [-0.1, -0.05) is 18.2 Å². The lowest BCUT2D eigenvalue weighted by Crippen LogP contribution is -2.52. The highest BCUT2D eigenvalue weighted by Gasteiger charge is 2.34. The number of hydrogen-bond acceptors (Lipinski definition) is 3. The van der Waals surface area contributed by atoms with E-state index in [4.69, 9.17) is 0 Å². The van der Waals surface area contributed by atoms with Crippen molar-refractivity contribution in [3.63, 3.8) is 0 Å². The van der Waals surface area contributed by atoms with Crippen molar-refractivity contribution in [2.24, 2.45) is 5.92 Å². The SMILES string of the molecule is CN1CCCC2CN(Cc3cccc4c3NCC4)CCC21.Cl. The molecule has 2 unspecified atom stereocenters. The van der Waals surface area contributed by atoms with Crippen LogP contribution in [0, 0.1) is 5.92 Å². The first kappa shape index (κ1) is 16.1. The molecule has 3 aliphatic rings. The van der Waals surface area contributed by atoms with Gasteiger partial charge in [0.1, 0.15) is 0 Å². The lowest BCUT2D eigenvalue weighted by atomic mass is 9.84. The number of rotatable bonds is 2. The molecule has 1 N–H and O–H groups in total. The van der Waals surface area contributed by atoms with Gasteiger partial charge in [-0.25, -0.2) is 0 Å². The van der Waals surface area contributed by atoms with Crippen LogP contribution < -0.4 is 5.32 Å². The Morgan fingerprint density at radius 3 is 3.05 bits per heavy atom. The van der Waals surface area contributed by atoms with Crippen LogP contribution in [0.2, 0.25) is 0 Å². The largest absolute Gasteiger partial charge is 0.384 e. The number of fused-ring (bicyclic) bond motifs is 2. The average Bonchev–Trinajstić information content (AvgIpc) is 2.97. The Morgan fingerprint density at radius 1 is 1.23 bits per heavy atom. The van der Waals surface area contributed by atoms with Crippen molar-refractivity contribution in [3.05, 3.63) is 29.3 Å². The molecule has 4 heteroatoms. The smallest absolute Gasteiger partial charge is 0.0419 e.